The van der Waals surface area contributed by atoms with Gasteiger partial charge in [-0.15, -0.1) is 0 Å². The van der Waals surface area contributed by atoms with E-state index in [0.29, 0.717) is 6.42 Å². The average molecular weight is 225 g/mol. The lowest BCUT2D eigenvalue weighted by molar-refractivity contribution is 0.507. The van der Waals surface area contributed by atoms with Crippen LogP contribution in [-0.2, 0) is 6.42 Å². The fourth-order valence-corrected chi connectivity index (χ4v) is 1.37. The third-order valence-electron chi connectivity index (χ3n) is 2.24. The van der Waals surface area contributed by atoms with E-state index < -0.39 is 11.6 Å². The highest BCUT2D eigenvalue weighted by molar-refractivity contribution is 5.20. The van der Waals surface area contributed by atoms with Crippen molar-refractivity contribution in [3.05, 3.63) is 47.5 Å². The van der Waals surface area contributed by atoms with E-state index in [1.807, 2.05) is 12.2 Å². The monoisotopic (exact) mass is 225 g/mol. The summed E-state index contributed by atoms with van der Waals surface area (Å²) in [5.74, 6) is -1.57. The van der Waals surface area contributed by atoms with Crippen LogP contribution in [0.4, 0.5) is 8.78 Å². The maximum absolute atomic E-state index is 12.8. The molecule has 0 bridgehead atoms. The molecule has 1 aromatic rings. The average Bonchev–Trinajstić information content (AvgIpc) is 2.28. The first-order valence-corrected chi connectivity index (χ1v) is 5.53. The number of benzene rings is 1. The maximum atomic E-state index is 12.8. The van der Waals surface area contributed by atoms with Crippen molar-refractivity contribution < 1.29 is 8.78 Å². The second-order valence-electron chi connectivity index (χ2n) is 3.57. The third kappa shape index (κ3) is 4.53. The largest absolute Gasteiger partial charge is 0.317 e. The predicted molar refractivity (Wildman–Crippen MR) is 62.4 cm³/mol. The van der Waals surface area contributed by atoms with E-state index in [2.05, 4.69) is 12.2 Å². The Balaban J connectivity index is 2.34. The summed E-state index contributed by atoms with van der Waals surface area (Å²) in [4.78, 5) is 0. The van der Waals surface area contributed by atoms with Gasteiger partial charge in [0.25, 0.3) is 0 Å². The molecule has 0 aliphatic carbocycles. The Labute approximate surface area is 95.2 Å². The zero-order chi connectivity index (χ0) is 11.8. The molecule has 0 amide bonds. The molecule has 0 spiro atoms. The SMILES string of the molecule is CCNCC/C=C/Cc1ccc(F)c(F)c1. The molecule has 0 heterocycles. The molecule has 0 radical (unpaired) electrons. The van der Waals surface area contributed by atoms with Crippen LogP contribution in [0, 0.1) is 11.6 Å². The number of halogens is 2. The number of hydrogen-bond donors (Lipinski definition) is 1. The van der Waals surface area contributed by atoms with E-state index in [4.69, 9.17) is 0 Å². The Morgan fingerprint density at radius 1 is 1.19 bits per heavy atom. The van der Waals surface area contributed by atoms with Gasteiger partial charge < -0.3 is 5.32 Å². The highest BCUT2D eigenvalue weighted by Gasteiger charge is 2.00. The van der Waals surface area contributed by atoms with Gasteiger partial charge in [-0.2, -0.15) is 0 Å². The molecule has 0 saturated heterocycles. The Morgan fingerprint density at radius 3 is 2.69 bits per heavy atom. The molecule has 0 fully saturated rings. The molecule has 16 heavy (non-hydrogen) atoms. The van der Waals surface area contributed by atoms with Gasteiger partial charge in [0.2, 0.25) is 0 Å². The van der Waals surface area contributed by atoms with Crippen molar-refractivity contribution in [3.8, 4) is 0 Å². The van der Waals surface area contributed by atoms with Gasteiger partial charge in [-0.1, -0.05) is 25.1 Å². The molecule has 88 valence electrons. The van der Waals surface area contributed by atoms with Crippen molar-refractivity contribution in [1.29, 1.82) is 0 Å². The van der Waals surface area contributed by atoms with E-state index in [1.54, 1.807) is 6.07 Å². The van der Waals surface area contributed by atoms with Gasteiger partial charge in [0.05, 0.1) is 0 Å². The molecule has 0 aliphatic rings. The van der Waals surface area contributed by atoms with E-state index in [9.17, 15) is 8.78 Å². The van der Waals surface area contributed by atoms with Crippen LogP contribution < -0.4 is 5.32 Å². The molecule has 3 heteroatoms. The molecule has 1 N–H and O–H groups in total. The van der Waals surface area contributed by atoms with Crippen LogP contribution in [0.5, 0.6) is 0 Å². The lowest BCUT2D eigenvalue weighted by Gasteiger charge is -1.98. The zero-order valence-corrected chi connectivity index (χ0v) is 9.47. The maximum Gasteiger partial charge on any atom is 0.159 e. The lowest BCUT2D eigenvalue weighted by Crippen LogP contribution is -2.12. The minimum Gasteiger partial charge on any atom is -0.317 e. The van der Waals surface area contributed by atoms with Crippen molar-refractivity contribution in [2.45, 2.75) is 19.8 Å². The number of allylic oxidation sites excluding steroid dienone is 1. The normalized spacial score (nSPS) is 11.2. The molecule has 0 aromatic heterocycles. The second-order valence-corrected chi connectivity index (χ2v) is 3.57. The van der Waals surface area contributed by atoms with Crippen LogP contribution in [-0.4, -0.2) is 13.1 Å². The van der Waals surface area contributed by atoms with Gasteiger partial charge in [-0.25, -0.2) is 8.78 Å². The quantitative estimate of drug-likeness (QED) is 0.579. The van der Waals surface area contributed by atoms with Crippen LogP contribution in [0.15, 0.2) is 30.4 Å². The topological polar surface area (TPSA) is 12.0 Å². The van der Waals surface area contributed by atoms with Crippen LogP contribution >= 0.6 is 0 Å². The van der Waals surface area contributed by atoms with Crippen LogP contribution in [0.1, 0.15) is 18.9 Å². The smallest absolute Gasteiger partial charge is 0.159 e. The zero-order valence-electron chi connectivity index (χ0n) is 9.47. The number of hydrogen-bond acceptors (Lipinski definition) is 1. The van der Waals surface area contributed by atoms with Crippen LogP contribution in [0.3, 0.4) is 0 Å². The first-order valence-electron chi connectivity index (χ1n) is 5.53. The fraction of sp³-hybridized carbons (Fsp3) is 0.385. The van der Waals surface area contributed by atoms with E-state index >= 15 is 0 Å². The molecule has 0 atom stereocenters. The summed E-state index contributed by atoms with van der Waals surface area (Å²) in [5.41, 5.74) is 0.790. The van der Waals surface area contributed by atoms with Crippen molar-refractivity contribution in [2.75, 3.05) is 13.1 Å². The third-order valence-corrected chi connectivity index (χ3v) is 2.24. The molecule has 0 aliphatic heterocycles. The molecule has 1 aromatic carbocycles. The van der Waals surface area contributed by atoms with Crippen molar-refractivity contribution in [2.24, 2.45) is 0 Å². The minimum absolute atomic E-state index is 0.642. The Bertz CT molecular complexity index is 348. The summed E-state index contributed by atoms with van der Waals surface area (Å²) in [5, 5.41) is 3.20. The van der Waals surface area contributed by atoms with E-state index in [1.165, 1.54) is 6.07 Å². The van der Waals surface area contributed by atoms with Gasteiger partial charge in [-0.3, -0.25) is 0 Å². The van der Waals surface area contributed by atoms with Crippen molar-refractivity contribution in [1.82, 2.24) is 5.32 Å². The van der Waals surface area contributed by atoms with Crippen molar-refractivity contribution >= 4 is 0 Å². The summed E-state index contributed by atoms with van der Waals surface area (Å²) in [6, 6.07) is 4.01. The summed E-state index contributed by atoms with van der Waals surface area (Å²) in [7, 11) is 0. The molecular formula is C13H17F2N. The molecular weight excluding hydrogens is 208 g/mol. The van der Waals surface area contributed by atoms with E-state index in [-0.39, 0.29) is 0 Å². The first-order chi connectivity index (χ1) is 7.74. The minimum atomic E-state index is -0.792. The fourth-order valence-electron chi connectivity index (χ4n) is 1.37. The highest BCUT2D eigenvalue weighted by Crippen LogP contribution is 2.09. The highest BCUT2D eigenvalue weighted by atomic mass is 19.2. The van der Waals surface area contributed by atoms with Gasteiger partial charge in [0, 0.05) is 0 Å². The molecule has 1 rings (SSSR count). The standard InChI is InChI=1S/C13H17F2N/c1-2-16-9-5-3-4-6-11-7-8-12(14)13(15)10-11/h3-4,7-8,10,16H,2,5-6,9H2,1H3/b4-3+. The van der Waals surface area contributed by atoms with Gasteiger partial charge in [0.1, 0.15) is 0 Å². The lowest BCUT2D eigenvalue weighted by atomic mass is 10.1. The summed E-state index contributed by atoms with van der Waals surface area (Å²) >= 11 is 0. The van der Waals surface area contributed by atoms with Crippen LogP contribution in [0.25, 0.3) is 0 Å². The molecule has 0 unspecified atom stereocenters. The second kappa shape index (κ2) is 7.12. The van der Waals surface area contributed by atoms with Gasteiger partial charge in [-0.05, 0) is 43.6 Å². The predicted octanol–water partition coefficient (Wildman–Crippen LogP) is 3.06. The van der Waals surface area contributed by atoms with Crippen molar-refractivity contribution in [3.63, 3.8) is 0 Å². The summed E-state index contributed by atoms with van der Waals surface area (Å²) in [6.07, 6.45) is 5.62. The first kappa shape index (κ1) is 12.8. The molecule has 0 saturated carbocycles. The Morgan fingerprint density at radius 2 is 2.00 bits per heavy atom. The summed E-state index contributed by atoms with van der Waals surface area (Å²) < 4.78 is 25.5. The van der Waals surface area contributed by atoms with Crippen LogP contribution in [0.2, 0.25) is 0 Å². The number of rotatable bonds is 6. The van der Waals surface area contributed by atoms with E-state index in [0.717, 1.165) is 31.1 Å². The number of nitrogens with one attached hydrogen (secondary N) is 1. The van der Waals surface area contributed by atoms with Gasteiger partial charge in [0.15, 0.2) is 11.6 Å². The van der Waals surface area contributed by atoms with Gasteiger partial charge >= 0.3 is 0 Å². The Kier molecular flexibility index (Phi) is 5.72. The summed E-state index contributed by atoms with van der Waals surface area (Å²) in [6.45, 7) is 3.98. The molecule has 1 nitrogen and oxygen atoms in total. The Hall–Kier alpha value is -1.22.